The normalized spacial score (nSPS) is 13.6. The van der Waals surface area contributed by atoms with Crippen LogP contribution in [0.2, 0.25) is 0 Å². The average molecular weight is 710 g/mol. The van der Waals surface area contributed by atoms with Crippen molar-refractivity contribution in [2.24, 2.45) is 0 Å². The molecule has 246 valence electrons. The van der Waals surface area contributed by atoms with Crippen LogP contribution >= 0.6 is 0 Å². The molecule has 3 amide bonds. The minimum atomic E-state index is -4.63. The van der Waals surface area contributed by atoms with Gasteiger partial charge in [0.25, 0.3) is 0 Å². The number of ether oxygens (including phenoxy) is 1. The van der Waals surface area contributed by atoms with Crippen molar-refractivity contribution in [3.8, 4) is 5.75 Å². The van der Waals surface area contributed by atoms with Crippen LogP contribution < -0.4 is 24.9 Å². The van der Waals surface area contributed by atoms with Crippen LogP contribution in [0, 0.1) is 0 Å². The molecule has 1 fully saturated rings. The van der Waals surface area contributed by atoms with Gasteiger partial charge in [-0.2, -0.15) is 13.2 Å². The van der Waals surface area contributed by atoms with Gasteiger partial charge in [0.05, 0.1) is 5.56 Å². The summed E-state index contributed by atoms with van der Waals surface area (Å²) in [4.78, 5) is 39.4. The van der Waals surface area contributed by atoms with Gasteiger partial charge in [-0.05, 0) is 24.7 Å². The number of urea groups is 1. The van der Waals surface area contributed by atoms with Crippen LogP contribution in [0.3, 0.4) is 0 Å². The van der Waals surface area contributed by atoms with E-state index in [1.807, 2.05) is 48.3 Å². The third-order valence-electron chi connectivity index (χ3n) is 7.26. The summed E-state index contributed by atoms with van der Waals surface area (Å²) >= 11 is 2.19. The Morgan fingerprint density at radius 1 is 0.936 bits per heavy atom. The topological polar surface area (TPSA) is 103 Å². The maximum Gasteiger partial charge on any atom is -0.0623 e. The molecule has 4 aromatic rings. The number of carbonyl (C=O) groups excluding carboxylic acids is 2. The first-order valence-electron chi connectivity index (χ1n) is 14.6. The van der Waals surface area contributed by atoms with Crippen molar-refractivity contribution in [2.45, 2.75) is 12.7 Å². The average Bonchev–Trinajstić information content (AvgIpc) is 3.06. The second-order valence-corrected chi connectivity index (χ2v) is 11.6. The van der Waals surface area contributed by atoms with E-state index in [2.05, 4.69) is 42.4 Å². The molecule has 1 saturated heterocycles. The molecule has 10 nitrogen and oxygen atoms in total. The van der Waals surface area contributed by atoms with Crippen LogP contribution in [0.25, 0.3) is 0 Å². The van der Waals surface area contributed by atoms with Gasteiger partial charge in [-0.3, -0.25) is 4.90 Å². The summed E-state index contributed by atoms with van der Waals surface area (Å²) in [7, 11) is 4.91. The number of hydrogen-bond acceptors (Lipinski definition) is 7. The molecule has 1 aliphatic rings. The van der Waals surface area contributed by atoms with Crippen molar-refractivity contribution in [3.05, 3.63) is 102 Å². The first-order valence-corrected chi connectivity index (χ1v) is 15.5. The van der Waals surface area contributed by atoms with Gasteiger partial charge in [-0.1, -0.05) is 42.5 Å². The third-order valence-corrected chi connectivity index (χ3v) is 7.71. The standard InChI is InChI=1S/C27H29AsF3N7O3.C6H6/c1-36-8-10-38(11-9-36)16-18-5-4-17(12-22(18)27(29,30)31)24(39)33-19-13-20(15-21(14-19)41-3)34-26(40)37(2)23-6-7-32-25(28)35-23;1-2-4-6-5-3-1/h4-7,12-15H,8-11,16H2,1-3H3,(H,33,39)(H,34,40);1-6H. The second kappa shape index (κ2) is 16.4. The first kappa shape index (κ1) is 35.4. The number of piperazine rings is 1. The second-order valence-electron chi connectivity index (χ2n) is 10.7. The van der Waals surface area contributed by atoms with E-state index in [0.717, 1.165) is 19.2 Å². The zero-order valence-corrected chi connectivity index (χ0v) is 28.0. The summed E-state index contributed by atoms with van der Waals surface area (Å²) in [6, 6.07) is 21.2. The minimum absolute atomic E-state index is 0.118. The molecule has 1 aliphatic heterocycles. The van der Waals surface area contributed by atoms with Crippen LogP contribution in [0.5, 0.6) is 5.75 Å². The number of carbonyl (C=O) groups is 2. The Balaban J connectivity index is 0.000000748. The number of alkyl halides is 3. The number of nitrogens with one attached hydrogen (secondary N) is 2. The Labute approximate surface area is 280 Å². The number of halogens is 3. The molecule has 14 heteroatoms. The number of amides is 3. The van der Waals surface area contributed by atoms with Crippen molar-refractivity contribution < 1.29 is 27.5 Å². The summed E-state index contributed by atoms with van der Waals surface area (Å²) in [5.74, 6) is -0.0607. The van der Waals surface area contributed by atoms with Crippen molar-refractivity contribution in [3.63, 3.8) is 0 Å². The quantitative estimate of drug-likeness (QED) is 0.270. The molecule has 0 spiro atoms. The Kier molecular flexibility index (Phi) is 12.4. The summed E-state index contributed by atoms with van der Waals surface area (Å²) < 4.78 is 47.7. The number of nitrogens with zero attached hydrogens (tertiary/aromatic N) is 5. The van der Waals surface area contributed by atoms with Crippen LogP contribution in [0.15, 0.2) is 85.1 Å². The molecule has 2 radical (unpaired) electrons. The molecule has 1 aromatic heterocycles. The molecule has 0 saturated carbocycles. The molecule has 0 atom stereocenters. The Morgan fingerprint density at radius 2 is 1.55 bits per heavy atom. The van der Waals surface area contributed by atoms with Crippen molar-refractivity contribution >= 4 is 50.6 Å². The Bertz CT molecular complexity index is 1630. The number of aromatic nitrogens is 2. The fourth-order valence-corrected chi connectivity index (χ4v) is 5.01. The van der Waals surface area contributed by atoms with E-state index in [1.165, 1.54) is 49.5 Å². The van der Waals surface area contributed by atoms with Gasteiger partial charge >= 0.3 is 153 Å². The summed E-state index contributed by atoms with van der Waals surface area (Å²) in [5, 5.41) is 5.31. The zero-order chi connectivity index (χ0) is 34.0. The van der Waals surface area contributed by atoms with Crippen molar-refractivity contribution in [1.82, 2.24) is 19.8 Å². The fraction of sp³-hybridized carbons (Fsp3) is 0.273. The first-order chi connectivity index (χ1) is 22.4. The third kappa shape index (κ3) is 10.5. The molecule has 2 N–H and O–H groups in total. The largest absolute Gasteiger partial charge is 0.0623 e. The zero-order valence-electron chi connectivity index (χ0n) is 26.2. The number of hydrogen-bond donors (Lipinski definition) is 2. The number of anilines is 3. The van der Waals surface area contributed by atoms with Gasteiger partial charge < -0.3 is 4.90 Å². The number of methoxy groups -OCH3 is 1. The van der Waals surface area contributed by atoms with Crippen LogP contribution in [0.4, 0.5) is 35.2 Å². The molecule has 0 unspecified atom stereocenters. The number of rotatable bonds is 7. The fourth-order valence-electron chi connectivity index (χ4n) is 4.65. The van der Waals surface area contributed by atoms with Gasteiger partial charge in [0.2, 0.25) is 0 Å². The van der Waals surface area contributed by atoms with Crippen molar-refractivity contribution in [1.29, 1.82) is 0 Å². The van der Waals surface area contributed by atoms with E-state index >= 15 is 0 Å². The molecule has 0 bridgehead atoms. The van der Waals surface area contributed by atoms with Gasteiger partial charge in [-0.15, -0.1) is 0 Å². The van der Waals surface area contributed by atoms with E-state index < -0.39 is 23.7 Å². The molecule has 2 heterocycles. The number of benzene rings is 3. The Morgan fingerprint density at radius 3 is 2.13 bits per heavy atom. The smallest absolute Gasteiger partial charge is 0.0623 e. The predicted molar refractivity (Wildman–Crippen MR) is 176 cm³/mol. The van der Waals surface area contributed by atoms with E-state index in [0.29, 0.717) is 29.3 Å². The molecule has 3 aromatic carbocycles. The molecule has 0 aliphatic carbocycles. The van der Waals surface area contributed by atoms with Crippen LogP contribution in [-0.4, -0.2) is 95.9 Å². The van der Waals surface area contributed by atoms with Gasteiger partial charge in [0, 0.05) is 32.7 Å². The van der Waals surface area contributed by atoms with Crippen molar-refractivity contribution in [2.75, 3.05) is 62.9 Å². The van der Waals surface area contributed by atoms with E-state index in [-0.39, 0.29) is 29.0 Å². The summed E-state index contributed by atoms with van der Waals surface area (Å²) in [5.41, 5.74) is -0.365. The minimum Gasteiger partial charge on any atom is -0.0623 e. The SMILES string of the molecule is COc1cc(NC(=O)c2ccc(CN3CCN(C)CC3)c(C(F)(F)F)c2)cc(NC(=O)N(C)c2ccnc([As])n2)c1.c1ccccc1. The van der Waals surface area contributed by atoms with Crippen LogP contribution in [0.1, 0.15) is 21.5 Å². The molecular formula is C33H35AsF3N7O3. The summed E-state index contributed by atoms with van der Waals surface area (Å²) in [6.07, 6.45) is -3.11. The van der Waals surface area contributed by atoms with E-state index in [4.69, 9.17) is 4.74 Å². The molecule has 5 rings (SSSR count). The summed E-state index contributed by atoms with van der Waals surface area (Å²) in [6.45, 7) is 3.03. The maximum absolute atomic E-state index is 14.0. The molecule has 47 heavy (non-hydrogen) atoms. The Hall–Kier alpha value is -4.45. The van der Waals surface area contributed by atoms with Gasteiger partial charge in [-0.25, -0.2) is 0 Å². The maximum atomic E-state index is 14.0. The van der Waals surface area contributed by atoms with Gasteiger partial charge in [0.1, 0.15) is 0 Å². The monoisotopic (exact) mass is 709 g/mol. The van der Waals surface area contributed by atoms with Gasteiger partial charge in [0.15, 0.2) is 0 Å². The molecular weight excluding hydrogens is 674 g/mol. The van der Waals surface area contributed by atoms with E-state index in [9.17, 15) is 22.8 Å². The van der Waals surface area contributed by atoms with Crippen LogP contribution in [-0.2, 0) is 12.7 Å². The van der Waals surface area contributed by atoms with E-state index in [1.54, 1.807) is 12.1 Å². The predicted octanol–water partition coefficient (Wildman–Crippen LogP) is 4.65. The number of likely N-dealkylation sites (N-methyl/N-ethyl adjacent to an activating group) is 1.